The Morgan fingerprint density at radius 1 is 1.41 bits per heavy atom. The number of aromatic carboxylic acids is 1. The van der Waals surface area contributed by atoms with Crippen LogP contribution in [0.4, 0.5) is 10.2 Å². The number of nitrogen functional groups attached to an aromatic ring is 1. The number of methoxy groups -OCH3 is 1. The van der Waals surface area contributed by atoms with Gasteiger partial charge in [-0.05, 0) is 18.2 Å². The van der Waals surface area contributed by atoms with Gasteiger partial charge < -0.3 is 20.6 Å². The highest BCUT2D eigenvalue weighted by Gasteiger charge is 2.21. The first-order chi connectivity index (χ1) is 10.5. The van der Waals surface area contributed by atoms with Crippen LogP contribution in [0, 0.1) is 5.82 Å². The topological polar surface area (TPSA) is 114 Å². The summed E-state index contributed by atoms with van der Waals surface area (Å²) in [5.74, 6) is -2.36. The van der Waals surface area contributed by atoms with Gasteiger partial charge in [0.15, 0.2) is 23.1 Å². The molecule has 2 heterocycles. The van der Waals surface area contributed by atoms with Crippen LogP contribution in [0.25, 0.3) is 22.3 Å². The molecule has 2 aromatic heterocycles. The third-order valence-electron chi connectivity index (χ3n) is 3.18. The number of H-pyrrole nitrogens is 1. The van der Waals surface area contributed by atoms with Gasteiger partial charge in [0.05, 0.1) is 12.7 Å². The number of nitrogens with one attached hydrogen (secondary N) is 1. The Bertz CT molecular complexity index is 891. The third kappa shape index (κ3) is 2.10. The number of anilines is 1. The lowest BCUT2D eigenvalue weighted by Crippen LogP contribution is -2.10. The fourth-order valence-electron chi connectivity index (χ4n) is 2.18. The molecule has 112 valence electrons. The summed E-state index contributed by atoms with van der Waals surface area (Å²) < 4.78 is 19.1. The number of hydrogen-bond acceptors (Lipinski definition) is 5. The molecule has 7 nitrogen and oxygen atoms in total. The van der Waals surface area contributed by atoms with Crippen molar-refractivity contribution in [3.8, 4) is 17.1 Å². The van der Waals surface area contributed by atoms with Crippen molar-refractivity contribution in [2.75, 3.05) is 12.8 Å². The smallest absolute Gasteiger partial charge is 0.358 e. The van der Waals surface area contributed by atoms with Gasteiger partial charge in [-0.2, -0.15) is 0 Å². The molecule has 0 saturated heterocycles. The Hall–Kier alpha value is -3.16. The summed E-state index contributed by atoms with van der Waals surface area (Å²) in [5, 5.41) is 9.86. The predicted molar refractivity (Wildman–Crippen MR) is 77.2 cm³/mol. The van der Waals surface area contributed by atoms with Gasteiger partial charge in [-0.1, -0.05) is 0 Å². The largest absolute Gasteiger partial charge is 0.491 e. The van der Waals surface area contributed by atoms with Crippen molar-refractivity contribution in [2.45, 2.75) is 0 Å². The van der Waals surface area contributed by atoms with Crippen LogP contribution in [0.2, 0.25) is 0 Å². The second-order valence-corrected chi connectivity index (χ2v) is 4.52. The zero-order valence-corrected chi connectivity index (χ0v) is 11.4. The van der Waals surface area contributed by atoms with Crippen LogP contribution in [0.1, 0.15) is 10.5 Å². The van der Waals surface area contributed by atoms with Crippen molar-refractivity contribution >= 4 is 22.7 Å². The van der Waals surface area contributed by atoms with Crippen LogP contribution in [-0.4, -0.2) is 33.1 Å². The molecule has 0 amide bonds. The maximum atomic E-state index is 14.2. The van der Waals surface area contributed by atoms with Gasteiger partial charge in [0.1, 0.15) is 5.82 Å². The van der Waals surface area contributed by atoms with Crippen molar-refractivity contribution in [2.24, 2.45) is 0 Å². The SMILES string of the molecule is COc1c(N)nc(-c2cc3[nH]ccc3cc2F)nc1C(=O)O. The monoisotopic (exact) mass is 302 g/mol. The summed E-state index contributed by atoms with van der Waals surface area (Å²) in [6, 6.07) is 4.52. The summed E-state index contributed by atoms with van der Waals surface area (Å²) in [6.45, 7) is 0. The Balaban J connectivity index is 2.26. The molecule has 0 aliphatic carbocycles. The lowest BCUT2D eigenvalue weighted by atomic mass is 10.1. The average molecular weight is 302 g/mol. The van der Waals surface area contributed by atoms with E-state index in [4.69, 9.17) is 10.5 Å². The molecule has 3 rings (SSSR count). The van der Waals surface area contributed by atoms with Crippen molar-refractivity contribution in [3.63, 3.8) is 0 Å². The van der Waals surface area contributed by atoms with E-state index in [2.05, 4.69) is 15.0 Å². The molecule has 0 unspecified atom stereocenters. The summed E-state index contributed by atoms with van der Waals surface area (Å²) in [6.07, 6.45) is 1.67. The zero-order chi connectivity index (χ0) is 15.9. The Morgan fingerprint density at radius 3 is 2.86 bits per heavy atom. The number of ether oxygens (including phenoxy) is 1. The minimum Gasteiger partial charge on any atom is -0.491 e. The second-order valence-electron chi connectivity index (χ2n) is 4.52. The highest BCUT2D eigenvalue weighted by Crippen LogP contribution is 2.30. The highest BCUT2D eigenvalue weighted by atomic mass is 19.1. The van der Waals surface area contributed by atoms with Gasteiger partial charge in [-0.3, -0.25) is 0 Å². The van der Waals surface area contributed by atoms with Crippen LogP contribution in [0.5, 0.6) is 5.75 Å². The minimum atomic E-state index is -1.34. The van der Waals surface area contributed by atoms with Crippen molar-refractivity contribution in [1.29, 1.82) is 0 Å². The number of rotatable bonds is 3. The third-order valence-corrected chi connectivity index (χ3v) is 3.18. The van der Waals surface area contributed by atoms with E-state index in [-0.39, 0.29) is 23.0 Å². The Labute approximate surface area is 123 Å². The number of carbonyl (C=O) groups is 1. The number of hydrogen-bond donors (Lipinski definition) is 3. The molecule has 0 aliphatic heterocycles. The first kappa shape index (κ1) is 13.8. The number of halogens is 1. The Morgan fingerprint density at radius 2 is 2.18 bits per heavy atom. The van der Waals surface area contributed by atoms with Crippen molar-refractivity contribution < 1.29 is 19.0 Å². The highest BCUT2D eigenvalue weighted by molar-refractivity contribution is 5.91. The number of nitrogens with zero attached hydrogens (tertiary/aromatic N) is 2. The van der Waals surface area contributed by atoms with Gasteiger partial charge in [0.2, 0.25) is 0 Å². The molecule has 1 aromatic carbocycles. The molecule has 22 heavy (non-hydrogen) atoms. The second kappa shape index (κ2) is 4.99. The number of nitrogens with two attached hydrogens (primary N) is 1. The molecule has 8 heteroatoms. The molecular formula is C14H11FN4O3. The number of carboxylic acids is 1. The molecule has 0 radical (unpaired) electrons. The summed E-state index contributed by atoms with van der Waals surface area (Å²) in [4.78, 5) is 22.0. The lowest BCUT2D eigenvalue weighted by molar-refractivity contribution is 0.0686. The number of fused-ring (bicyclic) bond motifs is 1. The van der Waals surface area contributed by atoms with Gasteiger partial charge in [-0.25, -0.2) is 19.2 Å². The molecule has 3 aromatic rings. The van der Waals surface area contributed by atoms with E-state index in [1.807, 2.05) is 0 Å². The van der Waals surface area contributed by atoms with Crippen molar-refractivity contribution in [1.82, 2.24) is 15.0 Å². The molecule has 0 aliphatic rings. The number of carboxylic acid groups (broad SMARTS) is 1. The van der Waals surface area contributed by atoms with Crippen LogP contribution in [-0.2, 0) is 0 Å². The van der Waals surface area contributed by atoms with E-state index in [0.717, 1.165) is 0 Å². The van der Waals surface area contributed by atoms with E-state index in [0.29, 0.717) is 10.9 Å². The quantitative estimate of drug-likeness (QED) is 0.682. The number of benzene rings is 1. The van der Waals surface area contributed by atoms with Crippen LogP contribution < -0.4 is 10.5 Å². The maximum absolute atomic E-state index is 14.2. The summed E-state index contributed by atoms with van der Waals surface area (Å²) in [5.41, 5.74) is 5.98. The number of aromatic nitrogens is 3. The van der Waals surface area contributed by atoms with Gasteiger partial charge in [0, 0.05) is 17.1 Å². The Kier molecular flexibility index (Phi) is 3.13. The molecule has 4 N–H and O–H groups in total. The molecule has 0 saturated carbocycles. The maximum Gasteiger partial charge on any atom is 0.358 e. The van der Waals surface area contributed by atoms with Gasteiger partial charge in [0.25, 0.3) is 0 Å². The van der Waals surface area contributed by atoms with Gasteiger partial charge in [-0.15, -0.1) is 0 Å². The molecule has 0 fully saturated rings. The van der Waals surface area contributed by atoms with Crippen LogP contribution in [0.15, 0.2) is 24.4 Å². The van der Waals surface area contributed by atoms with E-state index >= 15 is 0 Å². The zero-order valence-electron chi connectivity index (χ0n) is 11.4. The minimum absolute atomic E-state index is 0.0480. The molecule has 0 spiro atoms. The van der Waals surface area contributed by atoms with Crippen LogP contribution >= 0.6 is 0 Å². The van der Waals surface area contributed by atoms with Crippen LogP contribution in [0.3, 0.4) is 0 Å². The van der Waals surface area contributed by atoms with E-state index in [9.17, 15) is 14.3 Å². The van der Waals surface area contributed by atoms with Gasteiger partial charge >= 0.3 is 5.97 Å². The first-order valence-corrected chi connectivity index (χ1v) is 6.23. The fourth-order valence-corrected chi connectivity index (χ4v) is 2.18. The normalized spacial score (nSPS) is 10.8. The molecular weight excluding hydrogens is 291 g/mol. The lowest BCUT2D eigenvalue weighted by Gasteiger charge is -2.10. The predicted octanol–water partition coefficient (Wildman–Crippen LogP) is 2.05. The molecule has 0 bridgehead atoms. The first-order valence-electron chi connectivity index (χ1n) is 6.23. The van der Waals surface area contributed by atoms with E-state index in [1.165, 1.54) is 19.2 Å². The van der Waals surface area contributed by atoms with E-state index in [1.54, 1.807) is 12.3 Å². The summed E-state index contributed by atoms with van der Waals surface area (Å²) >= 11 is 0. The molecule has 0 atom stereocenters. The fraction of sp³-hybridized carbons (Fsp3) is 0.0714. The summed E-state index contributed by atoms with van der Waals surface area (Å²) in [7, 11) is 1.26. The standard InChI is InChI=1S/C14H11FN4O3/c1-22-11-10(14(20)21)18-13(19-12(11)16)7-5-9-6(2-3-17-9)4-8(7)15/h2-5,17H,1H3,(H,20,21)(H2,16,18,19). The number of aromatic amines is 1. The van der Waals surface area contributed by atoms with Crippen molar-refractivity contribution in [3.05, 3.63) is 35.9 Å². The average Bonchev–Trinajstić information content (AvgIpc) is 2.92. The van der Waals surface area contributed by atoms with E-state index < -0.39 is 17.5 Å².